The maximum Gasteiger partial charge on any atom is 0.387 e. The predicted molar refractivity (Wildman–Crippen MR) is 111 cm³/mol. The second kappa shape index (κ2) is 9.69. The van der Waals surface area contributed by atoms with Crippen molar-refractivity contribution in [2.24, 2.45) is 0 Å². The molecule has 1 aliphatic carbocycles. The Balaban J connectivity index is 1.85. The Morgan fingerprint density at radius 1 is 1.07 bits per heavy atom. The zero-order valence-electron chi connectivity index (χ0n) is 16.9. The van der Waals surface area contributed by atoms with Crippen LogP contribution in [0.5, 0.6) is 5.75 Å². The molecule has 2 N–H and O–H groups in total. The molecule has 5 nitrogen and oxygen atoms in total. The Kier molecular flexibility index (Phi) is 7.03. The molecule has 0 heterocycles. The molecular formula is C23H26F2N2O3. The van der Waals surface area contributed by atoms with E-state index >= 15 is 0 Å². The zero-order chi connectivity index (χ0) is 21.6. The van der Waals surface area contributed by atoms with Crippen LogP contribution in [0, 0.1) is 0 Å². The van der Waals surface area contributed by atoms with Gasteiger partial charge in [0.1, 0.15) is 11.3 Å². The lowest BCUT2D eigenvalue weighted by atomic mass is 9.80. The van der Waals surface area contributed by atoms with Gasteiger partial charge in [-0.2, -0.15) is 8.78 Å². The molecule has 1 fully saturated rings. The number of amides is 2. The third kappa shape index (κ3) is 5.55. The van der Waals surface area contributed by atoms with Gasteiger partial charge in [0.05, 0.1) is 0 Å². The van der Waals surface area contributed by atoms with E-state index in [1.54, 1.807) is 6.07 Å². The molecule has 7 heteroatoms. The number of hydrogen-bond acceptors (Lipinski definition) is 3. The topological polar surface area (TPSA) is 67.4 Å². The van der Waals surface area contributed by atoms with Crippen LogP contribution < -0.4 is 15.4 Å². The van der Waals surface area contributed by atoms with Crippen molar-refractivity contribution in [1.29, 1.82) is 0 Å². The van der Waals surface area contributed by atoms with Crippen molar-refractivity contribution in [1.82, 2.24) is 5.32 Å². The van der Waals surface area contributed by atoms with Crippen LogP contribution in [-0.2, 0) is 16.0 Å². The first-order valence-electron chi connectivity index (χ1n) is 10.1. The first kappa shape index (κ1) is 21.7. The fourth-order valence-corrected chi connectivity index (χ4v) is 3.97. The molecule has 1 saturated carbocycles. The third-order valence-corrected chi connectivity index (χ3v) is 5.33. The fourth-order valence-electron chi connectivity index (χ4n) is 3.97. The van der Waals surface area contributed by atoms with Gasteiger partial charge in [0, 0.05) is 24.6 Å². The Bertz CT molecular complexity index is 881. The average molecular weight is 416 g/mol. The van der Waals surface area contributed by atoms with Crippen LogP contribution in [0.4, 0.5) is 14.5 Å². The summed E-state index contributed by atoms with van der Waals surface area (Å²) >= 11 is 0. The Morgan fingerprint density at radius 2 is 1.77 bits per heavy atom. The highest BCUT2D eigenvalue weighted by molar-refractivity contribution is 6.00. The summed E-state index contributed by atoms with van der Waals surface area (Å²) in [4.78, 5) is 24.8. The Hall–Kier alpha value is -2.96. The van der Waals surface area contributed by atoms with Gasteiger partial charge in [-0.1, -0.05) is 49.6 Å². The van der Waals surface area contributed by atoms with Gasteiger partial charge in [0.2, 0.25) is 11.8 Å². The normalized spacial score (nSPS) is 15.5. The molecule has 0 saturated heterocycles. The minimum atomic E-state index is -2.94. The number of anilines is 1. The lowest BCUT2D eigenvalue weighted by Gasteiger charge is -2.36. The summed E-state index contributed by atoms with van der Waals surface area (Å²) in [6.45, 7) is -1.54. The van der Waals surface area contributed by atoms with E-state index in [9.17, 15) is 18.4 Å². The van der Waals surface area contributed by atoms with E-state index in [4.69, 9.17) is 0 Å². The lowest BCUT2D eigenvalue weighted by molar-refractivity contribution is -0.130. The number of carbonyl (C=O) groups is 2. The summed E-state index contributed by atoms with van der Waals surface area (Å²) in [6, 6.07) is 14.0. The largest absolute Gasteiger partial charge is 0.435 e. The van der Waals surface area contributed by atoms with Gasteiger partial charge >= 0.3 is 6.61 Å². The monoisotopic (exact) mass is 416 g/mol. The minimum Gasteiger partial charge on any atom is -0.435 e. The van der Waals surface area contributed by atoms with Gasteiger partial charge in [-0.25, -0.2) is 0 Å². The number of benzene rings is 2. The van der Waals surface area contributed by atoms with E-state index < -0.39 is 12.2 Å². The second-order valence-electron chi connectivity index (χ2n) is 7.64. The first-order valence-corrected chi connectivity index (χ1v) is 10.1. The molecule has 0 atom stereocenters. The van der Waals surface area contributed by atoms with Crippen LogP contribution >= 0.6 is 0 Å². The van der Waals surface area contributed by atoms with E-state index in [0.717, 1.165) is 24.8 Å². The molecule has 2 aromatic carbocycles. The van der Waals surface area contributed by atoms with Crippen molar-refractivity contribution in [2.45, 2.75) is 57.6 Å². The number of rotatable bonds is 7. The van der Waals surface area contributed by atoms with Crippen molar-refractivity contribution in [3.05, 3.63) is 59.7 Å². The van der Waals surface area contributed by atoms with E-state index in [2.05, 4.69) is 15.4 Å². The highest BCUT2D eigenvalue weighted by Crippen LogP contribution is 2.31. The number of hydrogen-bond donors (Lipinski definition) is 2. The van der Waals surface area contributed by atoms with E-state index in [1.807, 2.05) is 30.3 Å². The van der Waals surface area contributed by atoms with Crippen LogP contribution in [0.25, 0.3) is 0 Å². The summed E-state index contributed by atoms with van der Waals surface area (Å²) in [5.74, 6) is -0.468. The highest BCUT2D eigenvalue weighted by atomic mass is 19.3. The molecule has 0 bridgehead atoms. The van der Waals surface area contributed by atoms with E-state index in [0.29, 0.717) is 30.5 Å². The Labute approximate surface area is 174 Å². The maximum atomic E-state index is 13.1. The third-order valence-electron chi connectivity index (χ3n) is 5.33. The standard InChI is InChI=1S/C23H26F2N2O3/c1-16(28)27-23(12-6-3-7-13-23)21(29)26-19-10-11-20(30-22(24)25)18(15-19)14-17-8-4-2-5-9-17/h2,4-5,8-11,15,22H,3,6-7,12-14H2,1H3,(H,26,29)(H,27,28). The summed E-state index contributed by atoms with van der Waals surface area (Å²) in [6.07, 6.45) is 4.25. The molecule has 0 unspecified atom stereocenters. The SMILES string of the molecule is CC(=O)NC1(C(=O)Nc2ccc(OC(F)F)c(Cc3ccccc3)c2)CCCCC1. The molecule has 160 valence electrons. The highest BCUT2D eigenvalue weighted by Gasteiger charge is 2.40. The minimum absolute atomic E-state index is 0.0705. The molecule has 0 spiro atoms. The van der Waals surface area contributed by atoms with Gasteiger partial charge in [0.15, 0.2) is 0 Å². The number of ether oxygens (including phenoxy) is 1. The van der Waals surface area contributed by atoms with Crippen LogP contribution in [0.2, 0.25) is 0 Å². The molecule has 3 rings (SSSR count). The number of carbonyl (C=O) groups excluding carboxylic acids is 2. The molecule has 2 aromatic rings. The summed E-state index contributed by atoms with van der Waals surface area (Å²) in [5.41, 5.74) is 1.00. The summed E-state index contributed by atoms with van der Waals surface area (Å²) < 4.78 is 30.3. The van der Waals surface area contributed by atoms with Gasteiger partial charge < -0.3 is 15.4 Å². The Morgan fingerprint density at radius 3 is 2.40 bits per heavy atom. The maximum absolute atomic E-state index is 13.1. The van der Waals surface area contributed by atoms with Crippen LogP contribution in [0.15, 0.2) is 48.5 Å². The molecule has 2 amide bonds. The van der Waals surface area contributed by atoms with Crippen molar-refractivity contribution in [3.63, 3.8) is 0 Å². The van der Waals surface area contributed by atoms with Gasteiger partial charge in [-0.15, -0.1) is 0 Å². The first-order chi connectivity index (χ1) is 14.4. The van der Waals surface area contributed by atoms with Crippen molar-refractivity contribution < 1.29 is 23.1 Å². The molecule has 0 radical (unpaired) electrons. The van der Waals surface area contributed by atoms with Gasteiger partial charge in [-0.3, -0.25) is 9.59 Å². The molecule has 0 aliphatic heterocycles. The van der Waals surface area contributed by atoms with Crippen LogP contribution in [0.1, 0.15) is 50.2 Å². The number of halogens is 2. The van der Waals surface area contributed by atoms with Crippen molar-refractivity contribution in [3.8, 4) is 5.75 Å². The van der Waals surface area contributed by atoms with E-state index in [-0.39, 0.29) is 17.6 Å². The van der Waals surface area contributed by atoms with Gasteiger partial charge in [0.25, 0.3) is 0 Å². The van der Waals surface area contributed by atoms with Crippen molar-refractivity contribution in [2.75, 3.05) is 5.32 Å². The summed E-state index contributed by atoms with van der Waals surface area (Å²) in [5, 5.41) is 5.70. The molecule has 0 aromatic heterocycles. The predicted octanol–water partition coefficient (Wildman–Crippen LogP) is 4.66. The quantitative estimate of drug-likeness (QED) is 0.690. The molecule has 1 aliphatic rings. The van der Waals surface area contributed by atoms with Crippen molar-refractivity contribution >= 4 is 17.5 Å². The smallest absolute Gasteiger partial charge is 0.387 e. The van der Waals surface area contributed by atoms with Crippen LogP contribution in [-0.4, -0.2) is 24.0 Å². The fraction of sp³-hybridized carbons (Fsp3) is 0.391. The lowest BCUT2D eigenvalue weighted by Crippen LogP contribution is -2.57. The molecular weight excluding hydrogens is 390 g/mol. The zero-order valence-corrected chi connectivity index (χ0v) is 16.9. The molecule has 30 heavy (non-hydrogen) atoms. The second-order valence-corrected chi connectivity index (χ2v) is 7.64. The van der Waals surface area contributed by atoms with Crippen LogP contribution in [0.3, 0.4) is 0 Å². The summed E-state index contributed by atoms with van der Waals surface area (Å²) in [7, 11) is 0. The van der Waals surface area contributed by atoms with Gasteiger partial charge in [-0.05, 0) is 36.6 Å². The van der Waals surface area contributed by atoms with E-state index in [1.165, 1.54) is 19.1 Å². The number of nitrogens with one attached hydrogen (secondary N) is 2. The number of alkyl halides is 2. The average Bonchev–Trinajstić information content (AvgIpc) is 2.70.